The Morgan fingerprint density at radius 2 is 2.07 bits per heavy atom. The van der Waals surface area contributed by atoms with Crippen molar-refractivity contribution < 1.29 is 0 Å². The van der Waals surface area contributed by atoms with Crippen molar-refractivity contribution in [2.75, 3.05) is 11.4 Å². The Kier molecular flexibility index (Phi) is 3.21. The topological polar surface area (TPSA) is 29.0 Å². The number of hydrogen-bond donors (Lipinski definition) is 0. The van der Waals surface area contributed by atoms with Gasteiger partial charge in [-0.2, -0.15) is 0 Å². The third-order valence-electron chi connectivity index (χ3n) is 2.92. The predicted molar refractivity (Wildman–Crippen MR) is 73.5 cm³/mol. The van der Waals surface area contributed by atoms with E-state index in [-0.39, 0.29) is 5.54 Å². The average Bonchev–Trinajstić information content (AvgIpc) is 2.44. The smallest absolute Gasteiger partial charge is 0.225 e. The van der Waals surface area contributed by atoms with Crippen LogP contribution in [0, 0.1) is 3.57 Å². The maximum atomic E-state index is 4.38. The molecule has 0 bridgehead atoms. The van der Waals surface area contributed by atoms with Crippen LogP contribution in [0.25, 0.3) is 0 Å². The molecule has 0 radical (unpaired) electrons. The van der Waals surface area contributed by atoms with E-state index in [1.54, 1.807) is 0 Å². The zero-order chi connectivity index (χ0) is 11.1. The number of hydrogen-bond acceptors (Lipinski definition) is 3. The van der Waals surface area contributed by atoms with Gasteiger partial charge in [0.1, 0.15) is 0 Å². The number of nitrogens with zero attached hydrogens (tertiary/aromatic N) is 3. The molecule has 1 fully saturated rings. The Hall–Kier alpha value is 0.0900. The van der Waals surface area contributed by atoms with Gasteiger partial charge >= 0.3 is 0 Å². The zero-order valence-corrected chi connectivity index (χ0v) is 12.5. The molecule has 1 aliphatic heterocycles. The lowest BCUT2D eigenvalue weighted by Gasteiger charge is -2.33. The van der Waals surface area contributed by atoms with Gasteiger partial charge in [0, 0.05) is 27.3 Å². The third kappa shape index (κ3) is 2.13. The van der Waals surface area contributed by atoms with E-state index in [0.29, 0.717) is 4.83 Å². The molecule has 1 aliphatic rings. The molecule has 0 spiro atoms. The fourth-order valence-electron chi connectivity index (χ4n) is 1.86. The maximum absolute atomic E-state index is 4.38. The third-order valence-corrected chi connectivity index (χ3v) is 5.05. The van der Waals surface area contributed by atoms with Gasteiger partial charge < -0.3 is 4.90 Å². The van der Waals surface area contributed by atoms with Crippen LogP contribution in [0.1, 0.15) is 20.3 Å². The van der Waals surface area contributed by atoms with E-state index in [9.17, 15) is 0 Å². The first-order chi connectivity index (χ1) is 7.01. The number of alkyl halides is 1. The molecule has 1 unspecified atom stereocenters. The molecule has 5 heteroatoms. The quantitative estimate of drug-likeness (QED) is 0.553. The van der Waals surface area contributed by atoms with Crippen molar-refractivity contribution in [1.29, 1.82) is 0 Å². The summed E-state index contributed by atoms with van der Waals surface area (Å²) >= 11 is 5.93. The summed E-state index contributed by atoms with van der Waals surface area (Å²) in [5.41, 5.74) is 0.0901. The first-order valence-electron chi connectivity index (χ1n) is 4.91. The van der Waals surface area contributed by atoms with Gasteiger partial charge in [0.2, 0.25) is 5.95 Å². The molecule has 0 saturated carbocycles. The van der Waals surface area contributed by atoms with Crippen LogP contribution in [0.5, 0.6) is 0 Å². The molecule has 82 valence electrons. The lowest BCUT2D eigenvalue weighted by molar-refractivity contribution is 0.525. The van der Waals surface area contributed by atoms with Crippen molar-refractivity contribution in [3.05, 3.63) is 16.0 Å². The van der Waals surface area contributed by atoms with E-state index in [1.165, 1.54) is 0 Å². The predicted octanol–water partition coefficient (Wildman–Crippen LogP) is 2.83. The molecular weight excluding hydrogens is 369 g/mol. The average molecular weight is 382 g/mol. The van der Waals surface area contributed by atoms with Gasteiger partial charge in [-0.25, -0.2) is 9.97 Å². The van der Waals surface area contributed by atoms with Gasteiger partial charge in [-0.05, 0) is 42.9 Å². The summed E-state index contributed by atoms with van der Waals surface area (Å²) in [6, 6.07) is 0. The highest BCUT2D eigenvalue weighted by atomic mass is 127. The highest BCUT2D eigenvalue weighted by molar-refractivity contribution is 14.1. The van der Waals surface area contributed by atoms with Gasteiger partial charge in [-0.1, -0.05) is 15.9 Å². The van der Waals surface area contributed by atoms with Crippen LogP contribution >= 0.6 is 38.5 Å². The summed E-state index contributed by atoms with van der Waals surface area (Å²) in [6.45, 7) is 5.46. The van der Waals surface area contributed by atoms with Crippen LogP contribution in [-0.2, 0) is 0 Å². The molecule has 0 N–H and O–H groups in total. The molecule has 1 atom stereocenters. The summed E-state index contributed by atoms with van der Waals surface area (Å²) in [6.07, 6.45) is 4.86. The maximum Gasteiger partial charge on any atom is 0.225 e. The normalized spacial score (nSPS) is 24.5. The lowest BCUT2D eigenvalue weighted by Crippen LogP contribution is -2.43. The second kappa shape index (κ2) is 4.16. The van der Waals surface area contributed by atoms with Crippen LogP contribution in [-0.4, -0.2) is 26.9 Å². The molecule has 1 aromatic heterocycles. The van der Waals surface area contributed by atoms with Crippen LogP contribution in [0.4, 0.5) is 5.95 Å². The Morgan fingerprint density at radius 3 is 2.53 bits per heavy atom. The fraction of sp³-hybridized carbons (Fsp3) is 0.600. The molecular formula is C10H13BrIN3. The number of anilines is 1. The van der Waals surface area contributed by atoms with Crippen molar-refractivity contribution in [2.45, 2.75) is 30.6 Å². The standard InChI is InChI=1S/C10H13BrIN3/c1-10(2)8(11)3-4-15(10)9-13-5-7(12)6-14-9/h5-6,8H,3-4H2,1-2H3. The van der Waals surface area contributed by atoms with Crippen molar-refractivity contribution in [2.24, 2.45) is 0 Å². The van der Waals surface area contributed by atoms with E-state index < -0.39 is 0 Å². The van der Waals surface area contributed by atoms with Crippen LogP contribution in [0.3, 0.4) is 0 Å². The Bertz CT molecular complexity index is 352. The van der Waals surface area contributed by atoms with Gasteiger partial charge in [0.25, 0.3) is 0 Å². The fourth-order valence-corrected chi connectivity index (χ4v) is 2.59. The Balaban J connectivity index is 2.28. The Morgan fingerprint density at radius 1 is 1.47 bits per heavy atom. The first kappa shape index (κ1) is 11.6. The first-order valence-corrected chi connectivity index (χ1v) is 6.90. The molecule has 1 aromatic rings. The molecule has 0 aliphatic carbocycles. The highest BCUT2D eigenvalue weighted by Gasteiger charge is 2.40. The SMILES string of the molecule is CC1(C)C(Br)CCN1c1ncc(I)cn1. The van der Waals surface area contributed by atoms with Crippen molar-refractivity contribution in [3.8, 4) is 0 Å². The van der Waals surface area contributed by atoms with E-state index in [0.717, 1.165) is 22.5 Å². The molecule has 0 aromatic carbocycles. The van der Waals surface area contributed by atoms with Crippen molar-refractivity contribution >= 4 is 44.5 Å². The summed E-state index contributed by atoms with van der Waals surface area (Å²) in [5, 5.41) is 0. The van der Waals surface area contributed by atoms with Crippen molar-refractivity contribution in [3.63, 3.8) is 0 Å². The minimum atomic E-state index is 0.0901. The number of halogens is 2. The Labute approximate surface area is 112 Å². The van der Waals surface area contributed by atoms with E-state index in [4.69, 9.17) is 0 Å². The molecule has 0 amide bonds. The molecule has 2 heterocycles. The minimum Gasteiger partial charge on any atom is -0.335 e. The summed E-state index contributed by atoms with van der Waals surface area (Å²) in [7, 11) is 0. The van der Waals surface area contributed by atoms with Gasteiger partial charge in [0.05, 0.1) is 5.54 Å². The van der Waals surface area contributed by atoms with Gasteiger partial charge in [0.15, 0.2) is 0 Å². The van der Waals surface area contributed by atoms with E-state index >= 15 is 0 Å². The lowest BCUT2D eigenvalue weighted by atomic mass is 10.0. The van der Waals surface area contributed by atoms with Crippen molar-refractivity contribution in [1.82, 2.24) is 9.97 Å². The largest absolute Gasteiger partial charge is 0.335 e. The van der Waals surface area contributed by atoms with Crippen LogP contribution < -0.4 is 4.90 Å². The minimum absolute atomic E-state index is 0.0901. The monoisotopic (exact) mass is 381 g/mol. The second-order valence-electron chi connectivity index (χ2n) is 4.26. The summed E-state index contributed by atoms with van der Waals surface area (Å²) < 4.78 is 1.07. The van der Waals surface area contributed by atoms with E-state index in [2.05, 4.69) is 67.2 Å². The second-order valence-corrected chi connectivity index (χ2v) is 6.61. The van der Waals surface area contributed by atoms with Gasteiger partial charge in [-0.15, -0.1) is 0 Å². The zero-order valence-electron chi connectivity index (χ0n) is 8.74. The van der Waals surface area contributed by atoms with E-state index in [1.807, 2.05) is 12.4 Å². The molecule has 2 rings (SSSR count). The molecule has 3 nitrogen and oxygen atoms in total. The number of rotatable bonds is 1. The highest BCUT2D eigenvalue weighted by Crippen LogP contribution is 2.36. The van der Waals surface area contributed by atoms with Crippen LogP contribution in [0.2, 0.25) is 0 Å². The number of aromatic nitrogens is 2. The summed E-state index contributed by atoms with van der Waals surface area (Å²) in [5.74, 6) is 0.836. The van der Waals surface area contributed by atoms with Gasteiger partial charge in [-0.3, -0.25) is 0 Å². The summed E-state index contributed by atoms with van der Waals surface area (Å²) in [4.78, 5) is 11.5. The molecule has 1 saturated heterocycles. The van der Waals surface area contributed by atoms with Crippen LogP contribution in [0.15, 0.2) is 12.4 Å². The molecule has 15 heavy (non-hydrogen) atoms.